The van der Waals surface area contributed by atoms with E-state index < -0.39 is 23.2 Å². The lowest BCUT2D eigenvalue weighted by Crippen LogP contribution is -2.40. The molecule has 0 aromatic heterocycles. The van der Waals surface area contributed by atoms with Crippen molar-refractivity contribution in [3.8, 4) is 5.75 Å². The molecule has 0 amide bonds. The molecule has 22 heavy (non-hydrogen) atoms. The zero-order valence-electron chi connectivity index (χ0n) is 13.1. The molecule has 0 spiro atoms. The molecule has 1 rings (SSSR count). The number of carbonyl (C=O) groups excluding carboxylic acids is 1. The van der Waals surface area contributed by atoms with E-state index in [0.717, 1.165) is 6.07 Å². The summed E-state index contributed by atoms with van der Waals surface area (Å²) in [7, 11) is 0. The average molecular weight is 316 g/mol. The molecule has 0 heterocycles. The summed E-state index contributed by atoms with van der Waals surface area (Å²) in [4.78, 5) is 11.8. The number of aliphatic hydroxyl groups excluding tert-OH is 1. The highest BCUT2D eigenvalue weighted by molar-refractivity contribution is 5.79. The number of rotatable bonds is 8. The zero-order chi connectivity index (χ0) is 16.8. The van der Waals surface area contributed by atoms with Crippen LogP contribution in [-0.4, -0.2) is 29.9 Å². The van der Waals surface area contributed by atoms with Gasteiger partial charge in [-0.2, -0.15) is 4.39 Å². The lowest BCUT2D eigenvalue weighted by atomic mass is 10.1. The molecule has 1 aromatic carbocycles. The largest absolute Gasteiger partial charge is 0.473 e. The molecule has 0 atom stereocenters. The molecule has 0 saturated heterocycles. The standard InChI is InChI=1S/C16H22F2O4/c1-4-21-15(20)16(2,3)22-13-10-11(7-5-6-8-19)9-12(17)14(13)18/h9-10,19H,4-8H2,1-3H3. The summed E-state index contributed by atoms with van der Waals surface area (Å²) in [6.45, 7) is 4.73. The topological polar surface area (TPSA) is 55.8 Å². The first kappa shape index (κ1) is 18.4. The van der Waals surface area contributed by atoms with Gasteiger partial charge in [-0.3, -0.25) is 0 Å². The minimum atomic E-state index is -1.42. The number of aryl methyl sites for hydroxylation is 1. The first-order chi connectivity index (χ1) is 10.3. The minimum Gasteiger partial charge on any atom is -0.473 e. The maximum Gasteiger partial charge on any atom is 0.349 e. The Kier molecular flexibility index (Phi) is 6.74. The molecular formula is C16H22F2O4. The van der Waals surface area contributed by atoms with Crippen LogP contribution in [0.3, 0.4) is 0 Å². The second-order valence-corrected chi connectivity index (χ2v) is 5.40. The Morgan fingerprint density at radius 1 is 1.27 bits per heavy atom. The van der Waals surface area contributed by atoms with Crippen LogP contribution in [-0.2, 0) is 16.0 Å². The monoisotopic (exact) mass is 316 g/mol. The summed E-state index contributed by atoms with van der Waals surface area (Å²) >= 11 is 0. The minimum absolute atomic E-state index is 0.0446. The summed E-state index contributed by atoms with van der Waals surface area (Å²) in [5, 5.41) is 8.75. The highest BCUT2D eigenvalue weighted by Crippen LogP contribution is 2.27. The quantitative estimate of drug-likeness (QED) is 0.592. The number of hydrogen-bond acceptors (Lipinski definition) is 4. The van der Waals surface area contributed by atoms with Crippen LogP contribution in [0.25, 0.3) is 0 Å². The predicted molar refractivity (Wildman–Crippen MR) is 77.7 cm³/mol. The Hall–Kier alpha value is -1.69. The van der Waals surface area contributed by atoms with E-state index in [1.165, 1.54) is 19.9 Å². The Balaban J connectivity index is 2.95. The third kappa shape index (κ3) is 4.94. The van der Waals surface area contributed by atoms with Crippen molar-refractivity contribution in [2.75, 3.05) is 13.2 Å². The molecule has 124 valence electrons. The molecule has 6 heteroatoms. The van der Waals surface area contributed by atoms with Crippen LogP contribution in [0, 0.1) is 11.6 Å². The van der Waals surface area contributed by atoms with Crippen LogP contribution in [0.5, 0.6) is 5.75 Å². The van der Waals surface area contributed by atoms with Gasteiger partial charge in [-0.05, 0) is 57.7 Å². The van der Waals surface area contributed by atoms with Gasteiger partial charge < -0.3 is 14.6 Å². The molecule has 0 bridgehead atoms. The Bertz CT molecular complexity index is 515. The summed E-state index contributed by atoms with van der Waals surface area (Å²) in [6, 6.07) is 2.47. The van der Waals surface area contributed by atoms with E-state index >= 15 is 0 Å². The van der Waals surface area contributed by atoms with Crippen LogP contribution in [0.15, 0.2) is 12.1 Å². The third-order valence-corrected chi connectivity index (χ3v) is 3.06. The van der Waals surface area contributed by atoms with Crippen LogP contribution in [0.4, 0.5) is 8.78 Å². The van der Waals surface area contributed by atoms with Gasteiger partial charge in [-0.15, -0.1) is 0 Å². The summed E-state index contributed by atoms with van der Waals surface area (Å²) < 4.78 is 37.7. The highest BCUT2D eigenvalue weighted by Gasteiger charge is 2.33. The number of carbonyl (C=O) groups is 1. The van der Waals surface area contributed by atoms with Crippen LogP contribution in [0.2, 0.25) is 0 Å². The number of ether oxygens (including phenoxy) is 2. The van der Waals surface area contributed by atoms with E-state index in [0.29, 0.717) is 24.8 Å². The Morgan fingerprint density at radius 2 is 1.95 bits per heavy atom. The third-order valence-electron chi connectivity index (χ3n) is 3.06. The second kappa shape index (κ2) is 8.08. The lowest BCUT2D eigenvalue weighted by Gasteiger charge is -2.24. The molecule has 1 N–H and O–H groups in total. The van der Waals surface area contributed by atoms with Crippen molar-refractivity contribution in [2.45, 2.75) is 45.6 Å². The first-order valence-electron chi connectivity index (χ1n) is 7.26. The van der Waals surface area contributed by atoms with E-state index in [1.54, 1.807) is 6.92 Å². The summed E-state index contributed by atoms with van der Waals surface area (Å²) in [5.74, 6) is -3.14. The van der Waals surface area contributed by atoms with Crippen molar-refractivity contribution < 1.29 is 28.2 Å². The van der Waals surface area contributed by atoms with Crippen molar-refractivity contribution in [1.29, 1.82) is 0 Å². The van der Waals surface area contributed by atoms with Crippen molar-refractivity contribution in [1.82, 2.24) is 0 Å². The Labute approximate surface area is 129 Å². The fourth-order valence-electron chi connectivity index (χ4n) is 1.90. The predicted octanol–water partition coefficient (Wildman–Crippen LogP) is 3.00. The van der Waals surface area contributed by atoms with E-state index in [1.807, 2.05) is 0 Å². The van der Waals surface area contributed by atoms with E-state index in [4.69, 9.17) is 14.6 Å². The van der Waals surface area contributed by atoms with Gasteiger partial charge >= 0.3 is 5.97 Å². The highest BCUT2D eigenvalue weighted by atomic mass is 19.2. The SMILES string of the molecule is CCOC(=O)C(C)(C)Oc1cc(CCCCO)cc(F)c1F. The fraction of sp³-hybridized carbons (Fsp3) is 0.562. The van der Waals surface area contributed by atoms with Crippen LogP contribution >= 0.6 is 0 Å². The number of halogens is 2. The molecule has 1 aromatic rings. The normalized spacial score (nSPS) is 11.4. The van der Waals surface area contributed by atoms with Gasteiger partial charge in [-0.25, -0.2) is 9.18 Å². The fourth-order valence-corrected chi connectivity index (χ4v) is 1.90. The van der Waals surface area contributed by atoms with Gasteiger partial charge in [0, 0.05) is 6.61 Å². The van der Waals surface area contributed by atoms with Gasteiger partial charge in [0.25, 0.3) is 0 Å². The maximum atomic E-state index is 13.9. The van der Waals surface area contributed by atoms with Gasteiger partial charge in [0.2, 0.25) is 5.82 Å². The van der Waals surface area contributed by atoms with Gasteiger partial charge in [0.1, 0.15) is 0 Å². The van der Waals surface area contributed by atoms with Gasteiger partial charge in [0.05, 0.1) is 6.61 Å². The van der Waals surface area contributed by atoms with Gasteiger partial charge in [0.15, 0.2) is 17.2 Å². The van der Waals surface area contributed by atoms with Crippen molar-refractivity contribution in [2.24, 2.45) is 0 Å². The molecule has 0 aliphatic carbocycles. The molecule has 0 saturated carbocycles. The number of hydrogen-bond donors (Lipinski definition) is 1. The van der Waals surface area contributed by atoms with E-state index in [2.05, 4.69) is 0 Å². The van der Waals surface area contributed by atoms with E-state index in [9.17, 15) is 13.6 Å². The van der Waals surface area contributed by atoms with Crippen LogP contribution < -0.4 is 4.74 Å². The van der Waals surface area contributed by atoms with Crippen LogP contribution in [0.1, 0.15) is 39.2 Å². The molecule has 0 radical (unpaired) electrons. The van der Waals surface area contributed by atoms with Gasteiger partial charge in [-0.1, -0.05) is 0 Å². The molecule has 0 aliphatic heterocycles. The Morgan fingerprint density at radius 3 is 2.55 bits per heavy atom. The zero-order valence-corrected chi connectivity index (χ0v) is 13.1. The van der Waals surface area contributed by atoms with E-state index in [-0.39, 0.29) is 19.0 Å². The van der Waals surface area contributed by atoms with Crippen molar-refractivity contribution >= 4 is 5.97 Å². The average Bonchev–Trinajstić information content (AvgIpc) is 2.44. The summed E-state index contributed by atoms with van der Waals surface area (Å²) in [6.07, 6.45) is 1.69. The molecule has 0 fully saturated rings. The van der Waals surface area contributed by atoms with Crippen molar-refractivity contribution in [3.05, 3.63) is 29.3 Å². The lowest BCUT2D eigenvalue weighted by molar-refractivity contribution is -0.158. The maximum absolute atomic E-state index is 13.9. The number of esters is 1. The first-order valence-corrected chi connectivity index (χ1v) is 7.26. The number of aliphatic hydroxyl groups is 1. The summed E-state index contributed by atoms with van der Waals surface area (Å²) in [5.41, 5.74) is -0.880. The number of unbranched alkanes of at least 4 members (excludes halogenated alkanes) is 1. The smallest absolute Gasteiger partial charge is 0.349 e. The molecule has 0 aliphatic rings. The molecule has 0 unspecified atom stereocenters. The second-order valence-electron chi connectivity index (χ2n) is 5.40. The number of benzene rings is 1. The molecular weight excluding hydrogens is 294 g/mol. The van der Waals surface area contributed by atoms with Crippen molar-refractivity contribution in [3.63, 3.8) is 0 Å². The molecule has 4 nitrogen and oxygen atoms in total.